The average Bonchev–Trinajstić information content (AvgIpc) is 2.10. The maximum absolute atomic E-state index is 6.10. The fourth-order valence-corrected chi connectivity index (χ4v) is 1.62. The second-order valence-corrected chi connectivity index (χ2v) is 3.47. The molecule has 3 nitrogen and oxygen atoms in total. The molecule has 0 saturated carbocycles. The Morgan fingerprint density at radius 1 is 1.64 bits per heavy atom. The first-order valence-electron chi connectivity index (χ1n) is 4.41. The Morgan fingerprint density at radius 2 is 2.36 bits per heavy atom. The second-order valence-electron chi connectivity index (χ2n) is 3.47. The molecule has 0 radical (unpaired) electrons. The standard InChI is InChI=1S/C8H19N3/c1-3-11-6-4-5-10-7-8(11,2)9/h10H,3-7,9H2,1-2H3. The highest BCUT2D eigenvalue weighted by Crippen LogP contribution is 2.09. The highest BCUT2D eigenvalue weighted by Gasteiger charge is 2.26. The third-order valence-electron chi connectivity index (χ3n) is 2.37. The fourth-order valence-electron chi connectivity index (χ4n) is 1.62. The molecule has 11 heavy (non-hydrogen) atoms. The predicted octanol–water partition coefficient (Wildman–Crippen LogP) is -0.0235. The van der Waals surface area contributed by atoms with Crippen molar-refractivity contribution in [1.82, 2.24) is 10.2 Å². The molecule has 3 heteroatoms. The molecule has 0 aromatic heterocycles. The molecule has 1 atom stereocenters. The molecule has 1 heterocycles. The van der Waals surface area contributed by atoms with Crippen molar-refractivity contribution in [3.63, 3.8) is 0 Å². The van der Waals surface area contributed by atoms with Gasteiger partial charge in [-0.2, -0.15) is 0 Å². The molecule has 1 unspecified atom stereocenters. The van der Waals surface area contributed by atoms with Gasteiger partial charge in [0.05, 0.1) is 5.66 Å². The summed E-state index contributed by atoms with van der Waals surface area (Å²) in [5, 5.41) is 3.34. The van der Waals surface area contributed by atoms with E-state index in [0.29, 0.717) is 0 Å². The number of nitrogens with zero attached hydrogens (tertiary/aromatic N) is 1. The van der Waals surface area contributed by atoms with Crippen molar-refractivity contribution in [3.8, 4) is 0 Å². The first kappa shape index (κ1) is 8.97. The maximum atomic E-state index is 6.10. The van der Waals surface area contributed by atoms with Crippen molar-refractivity contribution in [2.45, 2.75) is 25.9 Å². The van der Waals surface area contributed by atoms with E-state index < -0.39 is 0 Å². The van der Waals surface area contributed by atoms with Crippen LogP contribution in [-0.4, -0.2) is 36.7 Å². The third-order valence-corrected chi connectivity index (χ3v) is 2.37. The van der Waals surface area contributed by atoms with Crippen LogP contribution >= 0.6 is 0 Å². The summed E-state index contributed by atoms with van der Waals surface area (Å²) >= 11 is 0. The van der Waals surface area contributed by atoms with Gasteiger partial charge in [0.2, 0.25) is 0 Å². The van der Waals surface area contributed by atoms with Crippen LogP contribution in [0.5, 0.6) is 0 Å². The van der Waals surface area contributed by atoms with Gasteiger partial charge < -0.3 is 11.1 Å². The van der Waals surface area contributed by atoms with Crippen LogP contribution in [0.25, 0.3) is 0 Å². The number of hydrogen-bond donors (Lipinski definition) is 2. The zero-order chi connectivity index (χ0) is 8.32. The largest absolute Gasteiger partial charge is 0.314 e. The molecule has 66 valence electrons. The molecule has 1 aliphatic rings. The summed E-state index contributed by atoms with van der Waals surface area (Å²) in [6.45, 7) is 8.43. The molecular formula is C8H19N3. The highest BCUT2D eigenvalue weighted by atomic mass is 15.3. The van der Waals surface area contributed by atoms with Crippen molar-refractivity contribution in [2.24, 2.45) is 5.73 Å². The summed E-state index contributed by atoms with van der Waals surface area (Å²) in [6, 6.07) is 0. The molecule has 1 fully saturated rings. The molecule has 0 aromatic carbocycles. The van der Waals surface area contributed by atoms with Crippen LogP contribution in [-0.2, 0) is 0 Å². The van der Waals surface area contributed by atoms with Crippen LogP contribution in [0.15, 0.2) is 0 Å². The van der Waals surface area contributed by atoms with Gasteiger partial charge in [0.15, 0.2) is 0 Å². The topological polar surface area (TPSA) is 41.3 Å². The Kier molecular flexibility index (Phi) is 2.87. The lowest BCUT2D eigenvalue weighted by Gasteiger charge is -2.35. The van der Waals surface area contributed by atoms with E-state index in [1.807, 2.05) is 0 Å². The van der Waals surface area contributed by atoms with Crippen molar-refractivity contribution in [3.05, 3.63) is 0 Å². The Bertz CT molecular complexity index is 123. The van der Waals surface area contributed by atoms with E-state index in [-0.39, 0.29) is 5.66 Å². The third kappa shape index (κ3) is 2.15. The zero-order valence-corrected chi connectivity index (χ0v) is 7.56. The summed E-state index contributed by atoms with van der Waals surface area (Å²) in [6.07, 6.45) is 1.21. The van der Waals surface area contributed by atoms with E-state index in [9.17, 15) is 0 Å². The lowest BCUT2D eigenvalue weighted by atomic mass is 10.2. The van der Waals surface area contributed by atoms with E-state index >= 15 is 0 Å². The lowest BCUT2D eigenvalue weighted by Crippen LogP contribution is -2.57. The number of nitrogens with two attached hydrogens (primary N) is 1. The van der Waals surface area contributed by atoms with Gasteiger partial charge in [0, 0.05) is 13.1 Å². The first-order valence-corrected chi connectivity index (χ1v) is 4.41. The van der Waals surface area contributed by atoms with Crippen LogP contribution in [0.1, 0.15) is 20.3 Å². The summed E-state index contributed by atoms with van der Waals surface area (Å²) < 4.78 is 0. The van der Waals surface area contributed by atoms with E-state index in [4.69, 9.17) is 5.73 Å². The number of hydrogen-bond acceptors (Lipinski definition) is 3. The van der Waals surface area contributed by atoms with E-state index in [0.717, 1.165) is 26.2 Å². The smallest absolute Gasteiger partial charge is 0.0786 e. The summed E-state index contributed by atoms with van der Waals surface area (Å²) in [7, 11) is 0. The Hall–Kier alpha value is -0.120. The van der Waals surface area contributed by atoms with Gasteiger partial charge in [-0.25, -0.2) is 0 Å². The molecule has 0 amide bonds. The van der Waals surface area contributed by atoms with Crippen LogP contribution in [0.2, 0.25) is 0 Å². The SMILES string of the molecule is CCN1CCCNCC1(C)N. The minimum absolute atomic E-state index is 0.148. The van der Waals surface area contributed by atoms with Gasteiger partial charge in [-0.15, -0.1) is 0 Å². The van der Waals surface area contributed by atoms with Gasteiger partial charge in [-0.3, -0.25) is 4.90 Å². The molecule has 0 bridgehead atoms. The predicted molar refractivity (Wildman–Crippen MR) is 47.3 cm³/mol. The van der Waals surface area contributed by atoms with E-state index in [1.54, 1.807) is 0 Å². The fraction of sp³-hybridized carbons (Fsp3) is 1.00. The zero-order valence-electron chi connectivity index (χ0n) is 7.56. The van der Waals surface area contributed by atoms with Crippen molar-refractivity contribution < 1.29 is 0 Å². The molecule has 1 saturated heterocycles. The van der Waals surface area contributed by atoms with E-state index in [2.05, 4.69) is 24.1 Å². The molecule has 0 aliphatic carbocycles. The van der Waals surface area contributed by atoms with Crippen molar-refractivity contribution in [1.29, 1.82) is 0 Å². The summed E-state index contributed by atoms with van der Waals surface area (Å²) in [4.78, 5) is 2.33. The second kappa shape index (κ2) is 3.52. The van der Waals surface area contributed by atoms with Gasteiger partial charge in [0.1, 0.15) is 0 Å². The van der Waals surface area contributed by atoms with Crippen LogP contribution in [0, 0.1) is 0 Å². The Labute approximate surface area is 68.9 Å². The first-order chi connectivity index (χ1) is 5.17. The van der Waals surface area contributed by atoms with Crippen LogP contribution in [0.4, 0.5) is 0 Å². The van der Waals surface area contributed by atoms with Gasteiger partial charge in [0.25, 0.3) is 0 Å². The van der Waals surface area contributed by atoms with Crippen LogP contribution in [0.3, 0.4) is 0 Å². The van der Waals surface area contributed by atoms with Gasteiger partial charge in [-0.1, -0.05) is 6.92 Å². The van der Waals surface area contributed by atoms with Crippen molar-refractivity contribution in [2.75, 3.05) is 26.2 Å². The molecule has 0 spiro atoms. The monoisotopic (exact) mass is 157 g/mol. The number of rotatable bonds is 1. The molecule has 1 aliphatic heterocycles. The van der Waals surface area contributed by atoms with Crippen LogP contribution < -0.4 is 11.1 Å². The maximum Gasteiger partial charge on any atom is 0.0786 e. The number of nitrogens with one attached hydrogen (secondary N) is 1. The molecular weight excluding hydrogens is 138 g/mol. The minimum Gasteiger partial charge on any atom is -0.314 e. The Balaban J connectivity index is 2.56. The summed E-state index contributed by atoms with van der Waals surface area (Å²) in [5.41, 5.74) is 5.95. The molecule has 0 aromatic rings. The number of likely N-dealkylation sites (N-methyl/N-ethyl adjacent to an activating group) is 1. The minimum atomic E-state index is -0.148. The normalized spacial score (nSPS) is 35.2. The van der Waals surface area contributed by atoms with E-state index in [1.165, 1.54) is 6.42 Å². The molecule has 1 rings (SSSR count). The lowest BCUT2D eigenvalue weighted by molar-refractivity contribution is 0.129. The Morgan fingerprint density at radius 3 is 3.00 bits per heavy atom. The average molecular weight is 157 g/mol. The quantitative estimate of drug-likeness (QED) is 0.562. The highest BCUT2D eigenvalue weighted by molar-refractivity contribution is 4.84. The van der Waals surface area contributed by atoms with Crippen molar-refractivity contribution >= 4 is 0 Å². The summed E-state index contributed by atoms with van der Waals surface area (Å²) in [5.74, 6) is 0. The van der Waals surface area contributed by atoms with Gasteiger partial charge in [-0.05, 0) is 26.4 Å². The molecule has 3 N–H and O–H groups in total. The van der Waals surface area contributed by atoms with Gasteiger partial charge >= 0.3 is 0 Å².